The Hall–Kier alpha value is -1.36. The lowest BCUT2D eigenvalue weighted by atomic mass is 9.95. The van der Waals surface area contributed by atoms with Crippen LogP contribution in [0.5, 0.6) is 0 Å². The molecule has 0 fully saturated rings. The Kier molecular flexibility index (Phi) is 4.97. The number of aromatic nitrogens is 2. The quantitative estimate of drug-likeness (QED) is 0.773. The second-order valence-electron chi connectivity index (χ2n) is 6.82. The van der Waals surface area contributed by atoms with Crippen molar-refractivity contribution in [2.45, 2.75) is 59.4 Å². The number of rotatable bonds is 5. The van der Waals surface area contributed by atoms with Gasteiger partial charge in [-0.2, -0.15) is 0 Å². The van der Waals surface area contributed by atoms with Crippen LogP contribution in [-0.2, 0) is 5.41 Å². The Bertz CT molecular complexity index is 464. The van der Waals surface area contributed by atoms with Crippen LogP contribution in [0, 0.1) is 6.92 Å². The van der Waals surface area contributed by atoms with E-state index in [1.165, 1.54) is 0 Å². The van der Waals surface area contributed by atoms with Crippen molar-refractivity contribution in [2.24, 2.45) is 0 Å². The number of hydrogen-bond donors (Lipinski definition) is 3. The van der Waals surface area contributed by atoms with Crippen molar-refractivity contribution in [3.63, 3.8) is 0 Å². The Morgan fingerprint density at radius 2 is 1.60 bits per heavy atom. The minimum atomic E-state index is -0.419. The molecule has 0 radical (unpaired) electrons. The van der Waals surface area contributed by atoms with Crippen molar-refractivity contribution in [1.29, 1.82) is 0 Å². The van der Waals surface area contributed by atoms with Gasteiger partial charge in [-0.25, -0.2) is 9.97 Å². The van der Waals surface area contributed by atoms with E-state index in [2.05, 4.69) is 41.4 Å². The van der Waals surface area contributed by atoms with E-state index in [1.807, 2.05) is 27.7 Å². The molecule has 114 valence electrons. The Balaban J connectivity index is 3.31. The number of aliphatic hydroxyl groups is 1. The van der Waals surface area contributed by atoms with Gasteiger partial charge >= 0.3 is 0 Å². The molecule has 5 nitrogen and oxygen atoms in total. The third-order valence-corrected chi connectivity index (χ3v) is 3.01. The molecule has 1 aromatic rings. The largest absolute Gasteiger partial charge is 0.394 e. The van der Waals surface area contributed by atoms with Crippen molar-refractivity contribution < 1.29 is 5.11 Å². The molecule has 1 rings (SSSR count). The van der Waals surface area contributed by atoms with E-state index in [9.17, 15) is 5.11 Å². The summed E-state index contributed by atoms with van der Waals surface area (Å²) in [4.78, 5) is 9.27. The SMILES string of the molecule is CCNc1nc(C(C)(C)C)nc(NC(C)(C)CO)c1C. The van der Waals surface area contributed by atoms with Gasteiger partial charge in [0.15, 0.2) is 0 Å². The molecule has 0 spiro atoms. The zero-order valence-electron chi connectivity index (χ0n) is 13.8. The van der Waals surface area contributed by atoms with E-state index >= 15 is 0 Å². The zero-order valence-corrected chi connectivity index (χ0v) is 13.8. The summed E-state index contributed by atoms with van der Waals surface area (Å²) in [5, 5.41) is 16.0. The lowest BCUT2D eigenvalue weighted by Gasteiger charge is -2.27. The fourth-order valence-corrected chi connectivity index (χ4v) is 1.67. The molecule has 5 heteroatoms. The van der Waals surface area contributed by atoms with Gasteiger partial charge in [-0.1, -0.05) is 20.8 Å². The van der Waals surface area contributed by atoms with Crippen LogP contribution in [0.2, 0.25) is 0 Å². The molecule has 0 aliphatic carbocycles. The first kappa shape index (κ1) is 16.7. The number of hydrogen-bond acceptors (Lipinski definition) is 5. The van der Waals surface area contributed by atoms with E-state index in [-0.39, 0.29) is 12.0 Å². The standard InChI is InChI=1S/C15H28N4O/c1-8-16-11-10(2)12(19-15(6,7)9-20)18-13(17-11)14(3,4)5/h20H,8-9H2,1-7H3,(H2,16,17,18,19). The van der Waals surface area contributed by atoms with E-state index in [0.717, 1.165) is 29.6 Å². The smallest absolute Gasteiger partial charge is 0.138 e. The van der Waals surface area contributed by atoms with Gasteiger partial charge in [-0.05, 0) is 27.7 Å². The number of anilines is 2. The zero-order chi connectivity index (χ0) is 15.6. The summed E-state index contributed by atoms with van der Waals surface area (Å²) in [7, 11) is 0. The number of nitrogens with one attached hydrogen (secondary N) is 2. The van der Waals surface area contributed by atoms with E-state index < -0.39 is 5.54 Å². The first-order valence-electron chi connectivity index (χ1n) is 7.12. The van der Waals surface area contributed by atoms with Crippen molar-refractivity contribution in [3.05, 3.63) is 11.4 Å². The molecule has 0 saturated heterocycles. The highest BCUT2D eigenvalue weighted by Gasteiger charge is 2.24. The van der Waals surface area contributed by atoms with Crippen LogP contribution >= 0.6 is 0 Å². The van der Waals surface area contributed by atoms with Crippen LogP contribution in [0.25, 0.3) is 0 Å². The van der Waals surface area contributed by atoms with E-state index in [1.54, 1.807) is 0 Å². The summed E-state index contributed by atoms with van der Waals surface area (Å²) in [6.07, 6.45) is 0. The highest BCUT2D eigenvalue weighted by atomic mass is 16.3. The van der Waals surface area contributed by atoms with Crippen molar-refractivity contribution in [1.82, 2.24) is 9.97 Å². The molecular formula is C15H28N4O. The van der Waals surface area contributed by atoms with Crippen LogP contribution in [0.15, 0.2) is 0 Å². The summed E-state index contributed by atoms with van der Waals surface area (Å²) in [5.74, 6) is 2.42. The molecule has 20 heavy (non-hydrogen) atoms. The first-order valence-corrected chi connectivity index (χ1v) is 7.12. The second-order valence-corrected chi connectivity index (χ2v) is 6.82. The van der Waals surface area contributed by atoms with Gasteiger partial charge in [-0.3, -0.25) is 0 Å². The van der Waals surface area contributed by atoms with Gasteiger partial charge in [-0.15, -0.1) is 0 Å². The molecule has 0 saturated carbocycles. The monoisotopic (exact) mass is 280 g/mol. The van der Waals surface area contributed by atoms with Crippen molar-refractivity contribution in [3.8, 4) is 0 Å². The molecule has 0 aromatic carbocycles. The minimum Gasteiger partial charge on any atom is -0.394 e. The summed E-state index contributed by atoms with van der Waals surface area (Å²) in [6, 6.07) is 0. The van der Waals surface area contributed by atoms with Gasteiger partial charge in [0.25, 0.3) is 0 Å². The Morgan fingerprint density at radius 3 is 2.05 bits per heavy atom. The summed E-state index contributed by atoms with van der Waals surface area (Å²) in [5.41, 5.74) is 0.427. The molecule has 0 bridgehead atoms. The molecular weight excluding hydrogens is 252 g/mol. The predicted molar refractivity (Wildman–Crippen MR) is 84.4 cm³/mol. The van der Waals surface area contributed by atoms with Gasteiger partial charge in [0.05, 0.1) is 12.1 Å². The normalized spacial score (nSPS) is 12.4. The minimum absolute atomic E-state index is 0.0395. The third kappa shape index (κ3) is 4.07. The van der Waals surface area contributed by atoms with Crippen molar-refractivity contribution >= 4 is 11.6 Å². The van der Waals surface area contributed by atoms with Gasteiger partial charge in [0.1, 0.15) is 17.5 Å². The molecule has 1 aromatic heterocycles. The lowest BCUT2D eigenvalue weighted by molar-refractivity contribution is 0.233. The average Bonchev–Trinajstić information content (AvgIpc) is 2.32. The Labute approximate surface area is 122 Å². The highest BCUT2D eigenvalue weighted by molar-refractivity contribution is 5.58. The van der Waals surface area contributed by atoms with E-state index in [4.69, 9.17) is 0 Å². The fraction of sp³-hybridized carbons (Fsp3) is 0.733. The van der Waals surface area contributed by atoms with Crippen LogP contribution in [-0.4, -0.2) is 33.8 Å². The number of aliphatic hydroxyl groups excluding tert-OH is 1. The van der Waals surface area contributed by atoms with Crippen LogP contribution in [0.3, 0.4) is 0 Å². The van der Waals surface area contributed by atoms with Gasteiger partial charge in [0.2, 0.25) is 0 Å². The number of nitrogens with zero attached hydrogens (tertiary/aromatic N) is 2. The predicted octanol–water partition coefficient (Wildman–Crippen LogP) is 2.70. The maximum Gasteiger partial charge on any atom is 0.138 e. The Morgan fingerprint density at radius 1 is 1.05 bits per heavy atom. The topological polar surface area (TPSA) is 70.1 Å². The van der Waals surface area contributed by atoms with E-state index in [0.29, 0.717) is 0 Å². The fourth-order valence-electron chi connectivity index (χ4n) is 1.67. The maximum atomic E-state index is 9.43. The molecule has 0 aliphatic rings. The molecule has 0 amide bonds. The molecule has 1 heterocycles. The van der Waals surface area contributed by atoms with Gasteiger partial charge in [0, 0.05) is 17.5 Å². The van der Waals surface area contributed by atoms with Crippen molar-refractivity contribution in [2.75, 3.05) is 23.8 Å². The molecule has 0 unspecified atom stereocenters. The van der Waals surface area contributed by atoms with Crippen LogP contribution < -0.4 is 10.6 Å². The van der Waals surface area contributed by atoms with Crippen LogP contribution in [0.4, 0.5) is 11.6 Å². The summed E-state index contributed by atoms with van der Waals surface area (Å²) < 4.78 is 0. The summed E-state index contributed by atoms with van der Waals surface area (Å²) >= 11 is 0. The lowest BCUT2D eigenvalue weighted by Crippen LogP contribution is -2.36. The first-order chi connectivity index (χ1) is 9.10. The van der Waals surface area contributed by atoms with Crippen LogP contribution in [0.1, 0.15) is 52.9 Å². The second kappa shape index (κ2) is 5.95. The molecule has 0 atom stereocenters. The summed E-state index contributed by atoms with van der Waals surface area (Å²) in [6.45, 7) is 15.0. The van der Waals surface area contributed by atoms with Gasteiger partial charge < -0.3 is 15.7 Å². The molecule has 3 N–H and O–H groups in total. The average molecular weight is 280 g/mol. The highest BCUT2D eigenvalue weighted by Crippen LogP contribution is 2.27. The third-order valence-electron chi connectivity index (χ3n) is 3.01. The molecule has 0 aliphatic heterocycles. The maximum absolute atomic E-state index is 9.43.